The van der Waals surface area contributed by atoms with Crippen LogP contribution in [0.1, 0.15) is 28.9 Å². The van der Waals surface area contributed by atoms with Gasteiger partial charge < -0.3 is 5.32 Å². The van der Waals surface area contributed by atoms with Crippen LogP contribution >= 0.6 is 11.3 Å². The lowest BCUT2D eigenvalue weighted by molar-refractivity contribution is -0.121. The van der Waals surface area contributed by atoms with E-state index in [1.54, 1.807) is 6.07 Å². The Balaban J connectivity index is 1.36. The number of carbonyl (C=O) groups excluding carboxylic acids is 1. The van der Waals surface area contributed by atoms with E-state index in [0.717, 1.165) is 21.8 Å². The Hall–Kier alpha value is -3.26. The Morgan fingerprint density at radius 3 is 2.77 bits per heavy atom. The zero-order chi connectivity index (χ0) is 21.1. The summed E-state index contributed by atoms with van der Waals surface area (Å²) < 4.78 is 3.45. The van der Waals surface area contributed by atoms with E-state index >= 15 is 0 Å². The largest absolute Gasteiger partial charge is 0.352 e. The molecule has 0 aliphatic carbocycles. The van der Waals surface area contributed by atoms with Crippen LogP contribution in [-0.2, 0) is 24.4 Å². The van der Waals surface area contributed by atoms with Crippen LogP contribution in [0.25, 0.3) is 10.2 Å². The van der Waals surface area contributed by atoms with Crippen LogP contribution in [-0.4, -0.2) is 25.2 Å². The molecule has 0 aliphatic heterocycles. The minimum absolute atomic E-state index is 0.108. The first-order valence-electron chi connectivity index (χ1n) is 9.79. The molecule has 0 fully saturated rings. The van der Waals surface area contributed by atoms with Crippen molar-refractivity contribution < 1.29 is 4.79 Å². The number of hydrogen-bond acceptors (Lipinski definition) is 5. The molecule has 154 valence electrons. The maximum absolute atomic E-state index is 12.4. The fourth-order valence-corrected chi connectivity index (χ4v) is 4.17. The van der Waals surface area contributed by atoms with Crippen LogP contribution in [0.2, 0.25) is 0 Å². The topological polar surface area (TPSA) is 81.8 Å². The highest BCUT2D eigenvalue weighted by molar-refractivity contribution is 7.16. The van der Waals surface area contributed by atoms with E-state index in [4.69, 9.17) is 0 Å². The van der Waals surface area contributed by atoms with Crippen LogP contribution in [0.5, 0.6) is 0 Å². The van der Waals surface area contributed by atoms with Gasteiger partial charge in [0, 0.05) is 30.8 Å². The van der Waals surface area contributed by atoms with Gasteiger partial charge in [0.2, 0.25) is 5.91 Å². The van der Waals surface area contributed by atoms with Gasteiger partial charge in [-0.05, 0) is 30.9 Å². The van der Waals surface area contributed by atoms with Gasteiger partial charge in [-0.2, -0.15) is 5.10 Å². The monoisotopic (exact) mass is 421 g/mol. The van der Waals surface area contributed by atoms with Crippen molar-refractivity contribution in [1.82, 2.24) is 24.6 Å². The van der Waals surface area contributed by atoms with Gasteiger partial charge in [0.25, 0.3) is 5.56 Å². The molecule has 7 nitrogen and oxygen atoms in total. The summed E-state index contributed by atoms with van der Waals surface area (Å²) in [6.07, 6.45) is 1.73. The number of carbonyl (C=O) groups is 1. The Bertz CT molecular complexity index is 1240. The van der Waals surface area contributed by atoms with Crippen LogP contribution in [0.3, 0.4) is 0 Å². The molecule has 30 heavy (non-hydrogen) atoms. The minimum Gasteiger partial charge on any atom is -0.352 e. The number of benzene rings is 1. The van der Waals surface area contributed by atoms with Crippen LogP contribution in [0.4, 0.5) is 0 Å². The summed E-state index contributed by atoms with van der Waals surface area (Å²) in [6, 6.07) is 11.9. The van der Waals surface area contributed by atoms with Crippen molar-refractivity contribution >= 4 is 27.5 Å². The second-order valence-corrected chi connectivity index (χ2v) is 8.10. The molecule has 0 saturated heterocycles. The zero-order valence-corrected chi connectivity index (χ0v) is 17.8. The van der Waals surface area contributed by atoms with E-state index in [9.17, 15) is 9.59 Å². The van der Waals surface area contributed by atoms with E-state index in [-0.39, 0.29) is 17.9 Å². The molecule has 1 N–H and O–H groups in total. The van der Waals surface area contributed by atoms with Gasteiger partial charge >= 0.3 is 0 Å². The molecule has 3 heterocycles. The van der Waals surface area contributed by atoms with Crippen LogP contribution in [0, 0.1) is 13.8 Å². The summed E-state index contributed by atoms with van der Waals surface area (Å²) in [4.78, 5) is 29.8. The van der Waals surface area contributed by atoms with Gasteiger partial charge in [-0.15, -0.1) is 11.3 Å². The number of thiophene rings is 1. The van der Waals surface area contributed by atoms with E-state index < -0.39 is 0 Å². The standard InChI is InChI=1S/C22H23N5O2S/c1-15-19(16(2)27(25-15)13-17-6-4-3-5-7-17)12-23-20(28)8-10-26-14-24-21-18(22(26)29)9-11-30-21/h3-7,9,11,14H,8,10,12-13H2,1-2H3,(H,23,28). The SMILES string of the molecule is Cc1nn(Cc2ccccc2)c(C)c1CNC(=O)CCn1cnc2sccc2c1=O. The van der Waals surface area contributed by atoms with Crippen molar-refractivity contribution in [3.05, 3.63) is 81.0 Å². The van der Waals surface area contributed by atoms with Crippen molar-refractivity contribution in [3.8, 4) is 0 Å². The summed E-state index contributed by atoms with van der Waals surface area (Å²) in [5.41, 5.74) is 4.05. The van der Waals surface area contributed by atoms with Gasteiger partial charge in [0.1, 0.15) is 4.83 Å². The Morgan fingerprint density at radius 2 is 1.97 bits per heavy atom. The van der Waals surface area contributed by atoms with Crippen molar-refractivity contribution in [2.75, 3.05) is 0 Å². The minimum atomic E-state index is -0.109. The van der Waals surface area contributed by atoms with E-state index in [2.05, 4.69) is 27.5 Å². The molecule has 4 rings (SSSR count). The number of aryl methyl sites for hydroxylation is 2. The summed E-state index contributed by atoms with van der Waals surface area (Å²) >= 11 is 1.43. The first-order valence-corrected chi connectivity index (χ1v) is 10.7. The smallest absolute Gasteiger partial charge is 0.262 e. The fourth-order valence-electron chi connectivity index (χ4n) is 3.45. The molecular formula is C22H23N5O2S. The third-order valence-electron chi connectivity index (χ3n) is 5.20. The maximum atomic E-state index is 12.4. The van der Waals surface area contributed by atoms with Gasteiger partial charge in [-0.25, -0.2) is 4.98 Å². The van der Waals surface area contributed by atoms with Gasteiger partial charge in [-0.1, -0.05) is 30.3 Å². The summed E-state index contributed by atoms with van der Waals surface area (Å²) in [5.74, 6) is -0.109. The first-order chi connectivity index (χ1) is 14.5. The number of nitrogens with zero attached hydrogens (tertiary/aromatic N) is 4. The highest BCUT2D eigenvalue weighted by atomic mass is 32.1. The number of aromatic nitrogens is 4. The number of rotatable bonds is 7. The predicted molar refractivity (Wildman–Crippen MR) is 118 cm³/mol. The third-order valence-corrected chi connectivity index (χ3v) is 6.02. The Labute approximate surface area is 178 Å². The van der Waals surface area contributed by atoms with Gasteiger partial charge in [0.05, 0.1) is 24.0 Å². The molecule has 0 atom stereocenters. The molecule has 0 unspecified atom stereocenters. The van der Waals surface area contributed by atoms with Crippen LogP contribution in [0.15, 0.2) is 52.9 Å². The molecule has 0 radical (unpaired) electrons. The molecule has 0 saturated carbocycles. The molecule has 0 bridgehead atoms. The molecule has 0 spiro atoms. The number of nitrogens with one attached hydrogen (secondary N) is 1. The molecule has 0 aliphatic rings. The number of amides is 1. The molecular weight excluding hydrogens is 398 g/mol. The normalized spacial score (nSPS) is 11.1. The summed E-state index contributed by atoms with van der Waals surface area (Å²) in [5, 5.41) is 10.0. The molecule has 3 aromatic heterocycles. The second-order valence-electron chi connectivity index (χ2n) is 7.20. The summed E-state index contributed by atoms with van der Waals surface area (Å²) in [7, 11) is 0. The molecule has 8 heteroatoms. The quantitative estimate of drug-likeness (QED) is 0.497. The highest BCUT2D eigenvalue weighted by Crippen LogP contribution is 2.15. The molecule has 1 amide bonds. The fraction of sp³-hybridized carbons (Fsp3) is 0.273. The third kappa shape index (κ3) is 4.18. The van der Waals surface area contributed by atoms with Crippen molar-refractivity contribution in [2.45, 2.75) is 39.9 Å². The molecule has 1 aromatic carbocycles. The molecule has 4 aromatic rings. The van der Waals surface area contributed by atoms with E-state index in [1.807, 2.05) is 42.1 Å². The van der Waals surface area contributed by atoms with E-state index in [0.29, 0.717) is 25.0 Å². The van der Waals surface area contributed by atoms with Gasteiger partial charge in [-0.3, -0.25) is 18.8 Å². The number of fused-ring (bicyclic) bond motifs is 1. The average molecular weight is 422 g/mol. The Morgan fingerprint density at radius 1 is 1.17 bits per heavy atom. The van der Waals surface area contributed by atoms with Crippen LogP contribution < -0.4 is 10.9 Å². The second kappa shape index (κ2) is 8.62. The maximum Gasteiger partial charge on any atom is 0.262 e. The lowest BCUT2D eigenvalue weighted by Crippen LogP contribution is -2.27. The summed E-state index contributed by atoms with van der Waals surface area (Å²) in [6.45, 7) is 5.39. The number of hydrogen-bond donors (Lipinski definition) is 1. The lowest BCUT2D eigenvalue weighted by atomic mass is 10.2. The van der Waals surface area contributed by atoms with Crippen molar-refractivity contribution in [2.24, 2.45) is 0 Å². The predicted octanol–water partition coefficient (Wildman–Crippen LogP) is 3.03. The van der Waals surface area contributed by atoms with Crippen molar-refractivity contribution in [1.29, 1.82) is 0 Å². The highest BCUT2D eigenvalue weighted by Gasteiger charge is 2.13. The lowest BCUT2D eigenvalue weighted by Gasteiger charge is -2.08. The average Bonchev–Trinajstić information content (AvgIpc) is 3.32. The zero-order valence-electron chi connectivity index (χ0n) is 17.0. The Kier molecular flexibility index (Phi) is 5.76. The van der Waals surface area contributed by atoms with Gasteiger partial charge in [0.15, 0.2) is 0 Å². The van der Waals surface area contributed by atoms with Crippen molar-refractivity contribution in [3.63, 3.8) is 0 Å². The van der Waals surface area contributed by atoms with E-state index in [1.165, 1.54) is 27.8 Å². The first kappa shape index (κ1) is 20.0.